The number of anilines is 3. The number of hydrogen-bond donors (Lipinski definition) is 3. The molecule has 0 amide bonds. The van der Waals surface area contributed by atoms with Crippen molar-refractivity contribution in [3.63, 3.8) is 0 Å². The monoisotopic (exact) mass is 568 g/mol. The first kappa shape index (κ1) is 29.2. The number of pyridine rings is 1. The van der Waals surface area contributed by atoms with Gasteiger partial charge in [0.25, 0.3) is 0 Å². The lowest BCUT2D eigenvalue weighted by molar-refractivity contribution is 0.0577. The summed E-state index contributed by atoms with van der Waals surface area (Å²) in [5.41, 5.74) is 8.40. The summed E-state index contributed by atoms with van der Waals surface area (Å²) in [5, 5.41) is 17.9. The minimum atomic E-state index is -0.888. The fraction of sp³-hybridized carbons (Fsp3) is 0.357. The van der Waals surface area contributed by atoms with E-state index in [9.17, 15) is 9.50 Å². The average molecular weight is 569 g/mol. The predicted molar refractivity (Wildman–Crippen MR) is 156 cm³/mol. The molecule has 12 heteroatoms. The molecule has 1 saturated heterocycles. The van der Waals surface area contributed by atoms with Crippen LogP contribution in [0.25, 0.3) is 22.5 Å². The van der Waals surface area contributed by atoms with Crippen molar-refractivity contribution in [2.75, 3.05) is 30.4 Å². The minimum Gasteiger partial charge on any atom is -0.496 e. The van der Waals surface area contributed by atoms with E-state index in [4.69, 9.17) is 10.5 Å². The summed E-state index contributed by atoms with van der Waals surface area (Å²) in [6.45, 7) is 5.45. The van der Waals surface area contributed by atoms with E-state index in [0.717, 1.165) is 42.7 Å². The molecule has 1 aliphatic heterocycles. The number of hydrogen-bond acceptors (Lipinski definition) is 9. The van der Waals surface area contributed by atoms with Crippen molar-refractivity contribution >= 4 is 29.7 Å². The SMILES string of the molecule is COc1cccc(F)c1-c1nccc(Nc2cc(N3CCC[C@H](N)C3)c(-c3cnn(CC(C)(C)O)c3)cn2)n1.Cl. The van der Waals surface area contributed by atoms with Gasteiger partial charge in [0.1, 0.15) is 23.2 Å². The zero-order valence-corrected chi connectivity index (χ0v) is 23.5. The van der Waals surface area contributed by atoms with Crippen molar-refractivity contribution in [2.45, 2.75) is 44.9 Å². The quantitative estimate of drug-likeness (QED) is 0.283. The molecule has 4 aromatic rings. The van der Waals surface area contributed by atoms with Crippen molar-refractivity contribution < 1.29 is 14.2 Å². The van der Waals surface area contributed by atoms with Gasteiger partial charge in [0.2, 0.25) is 0 Å². The highest BCUT2D eigenvalue weighted by Gasteiger charge is 2.23. The molecule has 0 bridgehead atoms. The number of aliphatic hydroxyl groups is 1. The molecule has 0 spiro atoms. The summed E-state index contributed by atoms with van der Waals surface area (Å²) in [4.78, 5) is 15.7. The van der Waals surface area contributed by atoms with Crippen LogP contribution in [0.2, 0.25) is 0 Å². The first-order valence-electron chi connectivity index (χ1n) is 12.9. The molecule has 4 N–H and O–H groups in total. The molecule has 212 valence electrons. The smallest absolute Gasteiger partial charge is 0.168 e. The summed E-state index contributed by atoms with van der Waals surface area (Å²) in [5.74, 6) is 1.12. The lowest BCUT2D eigenvalue weighted by Crippen LogP contribution is -2.43. The molecule has 1 fully saturated rings. The molecule has 0 aliphatic carbocycles. The lowest BCUT2D eigenvalue weighted by Gasteiger charge is -2.34. The Labute approximate surface area is 238 Å². The number of nitrogens with zero attached hydrogens (tertiary/aromatic N) is 6. The number of rotatable bonds is 8. The van der Waals surface area contributed by atoms with Crippen LogP contribution < -0.4 is 20.7 Å². The lowest BCUT2D eigenvalue weighted by atomic mass is 10.0. The van der Waals surface area contributed by atoms with E-state index in [2.05, 4.69) is 30.3 Å². The van der Waals surface area contributed by atoms with Gasteiger partial charge in [-0.05, 0) is 44.9 Å². The Balaban J connectivity index is 0.00000370. The van der Waals surface area contributed by atoms with Gasteiger partial charge in [-0.25, -0.2) is 19.3 Å². The molecular weight excluding hydrogens is 535 g/mol. The molecule has 5 rings (SSSR count). The van der Waals surface area contributed by atoms with E-state index in [1.54, 1.807) is 55.3 Å². The molecule has 1 aromatic carbocycles. The molecule has 10 nitrogen and oxygen atoms in total. The Kier molecular flexibility index (Phi) is 8.87. The van der Waals surface area contributed by atoms with E-state index in [1.807, 2.05) is 12.3 Å². The number of halogens is 2. The molecule has 0 saturated carbocycles. The van der Waals surface area contributed by atoms with Gasteiger partial charge in [-0.15, -0.1) is 12.4 Å². The van der Waals surface area contributed by atoms with Crippen molar-refractivity contribution in [1.82, 2.24) is 24.7 Å². The molecule has 40 heavy (non-hydrogen) atoms. The Hall–Kier alpha value is -3.80. The molecule has 1 atom stereocenters. The van der Waals surface area contributed by atoms with Gasteiger partial charge < -0.3 is 25.8 Å². The van der Waals surface area contributed by atoms with Crippen LogP contribution >= 0.6 is 12.4 Å². The topological polar surface area (TPSA) is 127 Å². The fourth-order valence-electron chi connectivity index (χ4n) is 4.78. The first-order chi connectivity index (χ1) is 18.7. The van der Waals surface area contributed by atoms with Crippen molar-refractivity contribution in [2.24, 2.45) is 5.73 Å². The van der Waals surface area contributed by atoms with Crippen molar-refractivity contribution in [3.8, 4) is 28.3 Å². The van der Waals surface area contributed by atoms with Gasteiger partial charge in [-0.1, -0.05) is 6.07 Å². The Bertz CT molecular complexity index is 1460. The van der Waals surface area contributed by atoms with Crippen LogP contribution in [0.4, 0.5) is 21.7 Å². The Morgan fingerprint density at radius 2 is 2.02 bits per heavy atom. The highest BCUT2D eigenvalue weighted by atomic mass is 35.5. The largest absolute Gasteiger partial charge is 0.496 e. The predicted octanol–water partition coefficient (Wildman–Crippen LogP) is 4.41. The number of benzene rings is 1. The average Bonchev–Trinajstić information content (AvgIpc) is 3.35. The Morgan fingerprint density at radius 1 is 1.20 bits per heavy atom. The van der Waals surface area contributed by atoms with E-state index in [0.29, 0.717) is 23.9 Å². The highest BCUT2D eigenvalue weighted by molar-refractivity contribution is 5.85. The van der Waals surface area contributed by atoms with Gasteiger partial charge in [0.05, 0.1) is 31.0 Å². The van der Waals surface area contributed by atoms with E-state index >= 15 is 0 Å². The number of nitrogens with one attached hydrogen (secondary N) is 1. The molecule has 3 aromatic heterocycles. The summed E-state index contributed by atoms with van der Waals surface area (Å²) in [6, 6.07) is 8.33. The maximum atomic E-state index is 14.6. The zero-order chi connectivity index (χ0) is 27.6. The second-order valence-electron chi connectivity index (χ2n) is 10.4. The fourth-order valence-corrected chi connectivity index (χ4v) is 4.78. The first-order valence-corrected chi connectivity index (χ1v) is 12.9. The summed E-state index contributed by atoms with van der Waals surface area (Å²) in [7, 11) is 1.48. The highest BCUT2D eigenvalue weighted by Crippen LogP contribution is 2.35. The third-order valence-corrected chi connectivity index (χ3v) is 6.50. The van der Waals surface area contributed by atoms with Gasteiger partial charge >= 0.3 is 0 Å². The van der Waals surface area contributed by atoms with E-state index < -0.39 is 11.4 Å². The van der Waals surface area contributed by atoms with Crippen LogP contribution in [0.3, 0.4) is 0 Å². The van der Waals surface area contributed by atoms with Crippen molar-refractivity contribution in [1.29, 1.82) is 0 Å². The molecular formula is C28H34ClFN8O2. The third kappa shape index (κ3) is 6.67. The standard InChI is InChI=1S/C28H33FN8O2.ClH/c1-28(2,38)17-37-15-18(13-33-37)20-14-32-25(12-22(20)36-11-5-6-19(30)16-36)34-24-9-10-31-27(35-24)26-21(29)7-4-8-23(26)39-3;/h4,7-10,12-15,19,38H,5-6,11,16-17,30H2,1-3H3,(H,31,32,34,35);1H/t19-;/m0./s1. The van der Waals surface area contributed by atoms with Gasteiger partial charge in [-0.2, -0.15) is 5.10 Å². The number of ether oxygens (including phenoxy) is 1. The van der Waals surface area contributed by atoms with Crippen LogP contribution in [-0.2, 0) is 6.54 Å². The molecule has 0 unspecified atom stereocenters. The third-order valence-electron chi connectivity index (χ3n) is 6.50. The number of piperidine rings is 1. The van der Waals surface area contributed by atoms with E-state index in [-0.39, 0.29) is 29.8 Å². The van der Waals surface area contributed by atoms with Gasteiger partial charge in [-0.3, -0.25) is 4.68 Å². The molecule has 1 aliphatic rings. The number of nitrogens with two attached hydrogens (primary N) is 1. The van der Waals surface area contributed by atoms with Crippen LogP contribution in [0.5, 0.6) is 5.75 Å². The van der Waals surface area contributed by atoms with Crippen LogP contribution in [0.15, 0.2) is 55.1 Å². The molecule has 0 radical (unpaired) electrons. The van der Waals surface area contributed by atoms with Crippen LogP contribution in [0.1, 0.15) is 26.7 Å². The summed E-state index contributed by atoms with van der Waals surface area (Å²) < 4.78 is 21.7. The molecule has 4 heterocycles. The summed E-state index contributed by atoms with van der Waals surface area (Å²) in [6.07, 6.45) is 9.02. The maximum absolute atomic E-state index is 14.6. The number of methoxy groups -OCH3 is 1. The second-order valence-corrected chi connectivity index (χ2v) is 10.4. The second kappa shape index (κ2) is 12.2. The zero-order valence-electron chi connectivity index (χ0n) is 22.7. The maximum Gasteiger partial charge on any atom is 0.168 e. The Morgan fingerprint density at radius 3 is 2.77 bits per heavy atom. The minimum absolute atomic E-state index is 0. The van der Waals surface area contributed by atoms with Crippen LogP contribution in [0, 0.1) is 5.82 Å². The number of aromatic nitrogens is 5. The van der Waals surface area contributed by atoms with Crippen molar-refractivity contribution in [3.05, 3.63) is 60.9 Å². The van der Waals surface area contributed by atoms with Gasteiger partial charge in [0, 0.05) is 60.6 Å². The normalized spacial score (nSPS) is 15.4. The summed E-state index contributed by atoms with van der Waals surface area (Å²) >= 11 is 0. The van der Waals surface area contributed by atoms with Gasteiger partial charge in [0.15, 0.2) is 5.82 Å². The van der Waals surface area contributed by atoms with E-state index in [1.165, 1.54) is 13.2 Å². The van der Waals surface area contributed by atoms with Crippen LogP contribution in [-0.4, -0.2) is 61.7 Å².